The molecule has 2 N–H and O–H groups in total. The van der Waals surface area contributed by atoms with Crippen LogP contribution in [-0.4, -0.2) is 71.6 Å². The Kier molecular flexibility index (Phi) is 8.81. The van der Waals surface area contributed by atoms with Gasteiger partial charge in [0.15, 0.2) is 22.4 Å². The van der Waals surface area contributed by atoms with Gasteiger partial charge in [0.1, 0.15) is 10.6 Å². The van der Waals surface area contributed by atoms with E-state index in [1.807, 2.05) is 18.7 Å². The first-order valence-electron chi connectivity index (χ1n) is 11.0. The van der Waals surface area contributed by atoms with Gasteiger partial charge in [0.05, 0.1) is 24.4 Å². The van der Waals surface area contributed by atoms with Crippen LogP contribution in [0.5, 0.6) is 0 Å². The average molecular weight is 498 g/mol. The highest BCUT2D eigenvalue weighted by Crippen LogP contribution is 2.29. The molecule has 3 heterocycles. The standard InChI is InChI=1S/C21H28ClN5O5S/c1-4-9-32-15-10-27(21-25-14(11-28)16(33-21)20(30)31-6-3)8-7-13(15)24-19(29)18-23-12(5-2)17(22)26-18/h11,13,15H,4-10H2,1-3H3,(H,23,26)(H,24,29)/t13-,15+/m1/s1. The van der Waals surface area contributed by atoms with Crippen molar-refractivity contribution in [2.45, 2.75) is 52.2 Å². The van der Waals surface area contributed by atoms with Crippen LogP contribution in [0.3, 0.4) is 0 Å². The number of imidazole rings is 1. The van der Waals surface area contributed by atoms with Crippen LogP contribution in [0.1, 0.15) is 70.1 Å². The van der Waals surface area contributed by atoms with Gasteiger partial charge in [-0.05, 0) is 26.2 Å². The first kappa shape index (κ1) is 25.1. The van der Waals surface area contributed by atoms with E-state index in [9.17, 15) is 14.4 Å². The lowest BCUT2D eigenvalue weighted by atomic mass is 10.0. The van der Waals surface area contributed by atoms with Gasteiger partial charge in [-0.1, -0.05) is 36.8 Å². The number of aldehydes is 1. The van der Waals surface area contributed by atoms with Crippen LogP contribution in [0.2, 0.25) is 5.15 Å². The lowest BCUT2D eigenvalue weighted by Gasteiger charge is -2.38. The van der Waals surface area contributed by atoms with Crippen molar-refractivity contribution in [1.29, 1.82) is 0 Å². The molecule has 180 valence electrons. The third-order valence-electron chi connectivity index (χ3n) is 5.19. The molecule has 1 saturated heterocycles. The predicted octanol–water partition coefficient (Wildman–Crippen LogP) is 2.88. The average Bonchev–Trinajstić information content (AvgIpc) is 3.42. The van der Waals surface area contributed by atoms with Crippen LogP contribution in [0, 0.1) is 0 Å². The quantitative estimate of drug-likeness (QED) is 0.379. The Morgan fingerprint density at radius 1 is 1.33 bits per heavy atom. The molecule has 10 nitrogen and oxygen atoms in total. The van der Waals surface area contributed by atoms with Crippen LogP contribution in [0.15, 0.2) is 0 Å². The van der Waals surface area contributed by atoms with Gasteiger partial charge < -0.3 is 24.7 Å². The zero-order valence-corrected chi connectivity index (χ0v) is 20.4. The molecule has 0 aromatic carbocycles. The SMILES string of the molecule is CCCO[C@H]1CN(c2nc(C=O)c(C(=O)OCC)s2)CC[C@H]1NC(=O)c1nc(Cl)c(CC)[nH]1. The van der Waals surface area contributed by atoms with Crippen molar-refractivity contribution in [3.8, 4) is 0 Å². The third kappa shape index (κ3) is 5.90. The molecule has 0 spiro atoms. The molecular weight excluding hydrogens is 470 g/mol. The number of hydrogen-bond donors (Lipinski definition) is 2. The molecule has 0 saturated carbocycles. The summed E-state index contributed by atoms with van der Waals surface area (Å²) >= 11 is 7.19. The molecule has 1 aliphatic rings. The number of ether oxygens (including phenoxy) is 2. The molecular formula is C21H28ClN5O5S. The number of anilines is 1. The number of nitrogens with one attached hydrogen (secondary N) is 2. The number of carbonyl (C=O) groups is 3. The number of aryl methyl sites for hydroxylation is 1. The van der Waals surface area contributed by atoms with E-state index >= 15 is 0 Å². The Morgan fingerprint density at radius 3 is 2.76 bits per heavy atom. The minimum atomic E-state index is -0.562. The van der Waals surface area contributed by atoms with Gasteiger partial charge >= 0.3 is 5.97 Å². The number of aromatic amines is 1. The summed E-state index contributed by atoms with van der Waals surface area (Å²) < 4.78 is 11.1. The highest BCUT2D eigenvalue weighted by molar-refractivity contribution is 7.17. The van der Waals surface area contributed by atoms with Gasteiger partial charge in [-0.3, -0.25) is 9.59 Å². The van der Waals surface area contributed by atoms with Gasteiger partial charge in [-0.15, -0.1) is 0 Å². The van der Waals surface area contributed by atoms with E-state index in [0.717, 1.165) is 17.8 Å². The van der Waals surface area contributed by atoms with E-state index in [4.69, 9.17) is 21.1 Å². The van der Waals surface area contributed by atoms with Gasteiger partial charge in [0.2, 0.25) is 0 Å². The highest BCUT2D eigenvalue weighted by Gasteiger charge is 2.34. The Labute approximate surface area is 201 Å². The number of hydrogen-bond acceptors (Lipinski definition) is 9. The number of piperidine rings is 1. The highest BCUT2D eigenvalue weighted by atomic mass is 35.5. The Bertz CT molecular complexity index is 994. The second-order valence-electron chi connectivity index (χ2n) is 7.48. The van der Waals surface area contributed by atoms with Crippen molar-refractivity contribution in [3.05, 3.63) is 27.2 Å². The number of esters is 1. The lowest BCUT2D eigenvalue weighted by molar-refractivity contribution is 0.0204. The fourth-order valence-electron chi connectivity index (χ4n) is 3.54. The maximum absolute atomic E-state index is 12.8. The smallest absolute Gasteiger partial charge is 0.350 e. The van der Waals surface area contributed by atoms with Gasteiger partial charge in [0, 0.05) is 19.7 Å². The van der Waals surface area contributed by atoms with Crippen molar-refractivity contribution in [3.63, 3.8) is 0 Å². The van der Waals surface area contributed by atoms with Gasteiger partial charge in [-0.2, -0.15) is 0 Å². The number of H-pyrrole nitrogens is 1. The second-order valence-corrected chi connectivity index (χ2v) is 8.82. The molecule has 1 fully saturated rings. The predicted molar refractivity (Wildman–Crippen MR) is 125 cm³/mol. The molecule has 2 aromatic rings. The Balaban J connectivity index is 1.74. The van der Waals surface area contributed by atoms with Gasteiger partial charge in [0.25, 0.3) is 5.91 Å². The molecule has 3 rings (SSSR count). The first-order valence-corrected chi connectivity index (χ1v) is 12.2. The largest absolute Gasteiger partial charge is 0.462 e. The van der Waals surface area contributed by atoms with E-state index in [1.165, 1.54) is 0 Å². The summed E-state index contributed by atoms with van der Waals surface area (Å²) in [5, 5.41) is 3.84. The molecule has 2 atom stereocenters. The summed E-state index contributed by atoms with van der Waals surface area (Å²) in [6.07, 6.45) is 2.30. The molecule has 2 aromatic heterocycles. The van der Waals surface area contributed by atoms with Crippen molar-refractivity contribution >= 4 is 46.2 Å². The van der Waals surface area contributed by atoms with Crippen LogP contribution in [-0.2, 0) is 15.9 Å². The fraction of sp³-hybridized carbons (Fsp3) is 0.571. The molecule has 0 unspecified atom stereocenters. The van der Waals surface area contributed by atoms with E-state index in [-0.39, 0.29) is 41.1 Å². The molecule has 33 heavy (non-hydrogen) atoms. The summed E-state index contributed by atoms with van der Waals surface area (Å²) in [4.78, 5) is 49.9. The Hall–Kier alpha value is -2.50. The lowest BCUT2D eigenvalue weighted by Crippen LogP contribution is -2.55. The summed E-state index contributed by atoms with van der Waals surface area (Å²) in [5.74, 6) is -0.738. The van der Waals surface area contributed by atoms with Crippen molar-refractivity contribution < 1.29 is 23.9 Å². The summed E-state index contributed by atoms with van der Waals surface area (Å²) in [6.45, 7) is 7.38. The number of carbonyl (C=O) groups excluding carboxylic acids is 3. The van der Waals surface area contributed by atoms with E-state index in [2.05, 4.69) is 20.3 Å². The maximum Gasteiger partial charge on any atom is 0.350 e. The zero-order chi connectivity index (χ0) is 24.0. The van der Waals surface area contributed by atoms with E-state index < -0.39 is 5.97 Å². The molecule has 1 aliphatic heterocycles. The van der Waals surface area contributed by atoms with Crippen LogP contribution in [0.4, 0.5) is 5.13 Å². The summed E-state index contributed by atoms with van der Waals surface area (Å²) in [5.41, 5.74) is 0.777. The zero-order valence-electron chi connectivity index (χ0n) is 18.9. The monoisotopic (exact) mass is 497 g/mol. The minimum absolute atomic E-state index is 0.0660. The topological polar surface area (TPSA) is 127 Å². The second kappa shape index (κ2) is 11.6. The van der Waals surface area contributed by atoms with Crippen molar-refractivity contribution in [1.82, 2.24) is 20.3 Å². The normalized spacial score (nSPS) is 18.2. The summed E-state index contributed by atoms with van der Waals surface area (Å²) in [7, 11) is 0. The van der Waals surface area contributed by atoms with E-state index in [0.29, 0.717) is 54.8 Å². The van der Waals surface area contributed by atoms with Crippen molar-refractivity contribution in [2.75, 3.05) is 31.2 Å². The first-order chi connectivity index (χ1) is 15.9. The molecule has 12 heteroatoms. The summed E-state index contributed by atoms with van der Waals surface area (Å²) in [6, 6.07) is -0.246. The molecule has 0 radical (unpaired) electrons. The number of nitrogens with zero attached hydrogens (tertiary/aromatic N) is 3. The Morgan fingerprint density at radius 2 is 2.12 bits per heavy atom. The number of rotatable bonds is 10. The van der Waals surface area contributed by atoms with Gasteiger partial charge in [-0.25, -0.2) is 14.8 Å². The maximum atomic E-state index is 12.8. The fourth-order valence-corrected chi connectivity index (χ4v) is 4.77. The molecule has 1 amide bonds. The minimum Gasteiger partial charge on any atom is -0.462 e. The molecule has 0 bridgehead atoms. The number of thiazole rings is 1. The van der Waals surface area contributed by atoms with Crippen molar-refractivity contribution in [2.24, 2.45) is 0 Å². The number of amides is 1. The van der Waals surface area contributed by atoms with Crippen LogP contribution in [0.25, 0.3) is 0 Å². The third-order valence-corrected chi connectivity index (χ3v) is 6.62. The number of aromatic nitrogens is 3. The molecule has 0 aliphatic carbocycles. The van der Waals surface area contributed by atoms with Crippen LogP contribution < -0.4 is 10.2 Å². The van der Waals surface area contributed by atoms with E-state index in [1.54, 1.807) is 6.92 Å². The number of halogens is 1. The van der Waals surface area contributed by atoms with Crippen LogP contribution >= 0.6 is 22.9 Å².